The van der Waals surface area contributed by atoms with Gasteiger partial charge >= 0.3 is 6.09 Å². The molecule has 4 heteroatoms. The number of fused-ring (bicyclic) bond motifs is 2. The lowest BCUT2D eigenvalue weighted by molar-refractivity contribution is 0.171. The summed E-state index contributed by atoms with van der Waals surface area (Å²) < 4.78 is 4.43. The summed E-state index contributed by atoms with van der Waals surface area (Å²) in [6.07, 6.45) is 4.43. The molecule has 0 spiro atoms. The summed E-state index contributed by atoms with van der Waals surface area (Å²) in [4.78, 5) is 10.7. The maximum Gasteiger partial charge on any atom is 0.427 e. The van der Waals surface area contributed by atoms with E-state index in [0.717, 1.165) is 18.1 Å². The van der Waals surface area contributed by atoms with Crippen molar-refractivity contribution in [1.82, 2.24) is 5.43 Å². The van der Waals surface area contributed by atoms with Crippen molar-refractivity contribution in [3.63, 3.8) is 0 Å². The van der Waals surface area contributed by atoms with Gasteiger partial charge in [0.2, 0.25) is 0 Å². The Balaban J connectivity index is 1.91. The van der Waals surface area contributed by atoms with Gasteiger partial charge < -0.3 is 4.74 Å². The third-order valence-electron chi connectivity index (χ3n) is 2.99. The van der Waals surface area contributed by atoms with E-state index in [1.807, 2.05) is 0 Å². The molecule has 2 fully saturated rings. The van der Waals surface area contributed by atoms with Crippen LogP contribution in [0.1, 0.15) is 25.7 Å². The summed E-state index contributed by atoms with van der Waals surface area (Å²) in [7, 11) is 1.34. The largest absolute Gasteiger partial charge is 0.452 e. The van der Waals surface area contributed by atoms with E-state index in [1.165, 1.54) is 26.4 Å². The molecule has 2 rings (SSSR count). The molecule has 2 aliphatic carbocycles. The van der Waals surface area contributed by atoms with Gasteiger partial charge in [0.1, 0.15) is 0 Å². The number of hydrogen-bond donors (Lipinski definition) is 1. The molecule has 13 heavy (non-hydrogen) atoms. The minimum Gasteiger partial charge on any atom is -0.452 e. The molecule has 2 saturated carbocycles. The van der Waals surface area contributed by atoms with Crippen LogP contribution in [0.2, 0.25) is 0 Å². The van der Waals surface area contributed by atoms with E-state index < -0.39 is 6.09 Å². The van der Waals surface area contributed by atoms with Gasteiger partial charge in [-0.1, -0.05) is 0 Å². The summed E-state index contributed by atoms with van der Waals surface area (Å²) in [6.45, 7) is 0. The lowest BCUT2D eigenvalue weighted by Crippen LogP contribution is -2.21. The Morgan fingerprint density at radius 2 is 2.46 bits per heavy atom. The summed E-state index contributed by atoms with van der Waals surface area (Å²) in [5.74, 6) is 1.45. The topological polar surface area (TPSA) is 50.7 Å². The van der Waals surface area contributed by atoms with Gasteiger partial charge in [0.25, 0.3) is 0 Å². The highest BCUT2D eigenvalue weighted by Crippen LogP contribution is 2.42. The Labute approximate surface area is 77.3 Å². The fraction of sp³-hybridized carbons (Fsp3) is 0.778. The second-order valence-corrected chi connectivity index (χ2v) is 3.79. The SMILES string of the molecule is COC(=O)N/N=C1\CC2CCC1C2. The molecule has 0 aromatic rings. The van der Waals surface area contributed by atoms with Crippen molar-refractivity contribution in [2.24, 2.45) is 16.9 Å². The number of hydrogen-bond acceptors (Lipinski definition) is 3. The molecule has 0 aromatic heterocycles. The normalized spacial score (nSPS) is 33.8. The van der Waals surface area contributed by atoms with Crippen LogP contribution >= 0.6 is 0 Å². The molecule has 2 atom stereocenters. The van der Waals surface area contributed by atoms with Gasteiger partial charge in [0.05, 0.1) is 7.11 Å². The quantitative estimate of drug-likeness (QED) is 0.625. The fourth-order valence-electron chi connectivity index (χ4n) is 2.33. The van der Waals surface area contributed by atoms with Crippen LogP contribution in [-0.2, 0) is 4.74 Å². The number of methoxy groups -OCH3 is 1. The van der Waals surface area contributed by atoms with Gasteiger partial charge in [-0.2, -0.15) is 5.10 Å². The number of amides is 1. The van der Waals surface area contributed by atoms with Crippen molar-refractivity contribution in [1.29, 1.82) is 0 Å². The maximum atomic E-state index is 10.7. The number of ether oxygens (including phenoxy) is 1. The molecule has 0 aromatic carbocycles. The minimum absolute atomic E-state index is 0.477. The molecule has 0 saturated heterocycles. The lowest BCUT2D eigenvalue weighted by Gasteiger charge is -2.11. The van der Waals surface area contributed by atoms with Gasteiger partial charge in [-0.25, -0.2) is 10.2 Å². The maximum absolute atomic E-state index is 10.7. The van der Waals surface area contributed by atoms with Gasteiger partial charge in [0, 0.05) is 5.71 Å². The summed E-state index contributed by atoms with van der Waals surface area (Å²) >= 11 is 0. The Bertz CT molecular complexity index is 250. The van der Waals surface area contributed by atoms with Crippen molar-refractivity contribution < 1.29 is 9.53 Å². The third-order valence-corrected chi connectivity index (χ3v) is 2.99. The molecule has 4 nitrogen and oxygen atoms in total. The number of rotatable bonds is 1. The molecular weight excluding hydrogens is 168 g/mol. The fourth-order valence-corrected chi connectivity index (χ4v) is 2.33. The molecule has 0 radical (unpaired) electrons. The van der Waals surface area contributed by atoms with Gasteiger partial charge in [0.15, 0.2) is 0 Å². The second kappa shape index (κ2) is 3.36. The average molecular weight is 182 g/mol. The van der Waals surface area contributed by atoms with Crippen molar-refractivity contribution in [3.05, 3.63) is 0 Å². The molecule has 0 aliphatic heterocycles. The van der Waals surface area contributed by atoms with Crippen LogP contribution < -0.4 is 5.43 Å². The number of nitrogens with zero attached hydrogens (tertiary/aromatic N) is 1. The number of carbonyl (C=O) groups excluding carboxylic acids is 1. The highest BCUT2D eigenvalue weighted by Gasteiger charge is 2.36. The number of carbonyl (C=O) groups is 1. The van der Waals surface area contributed by atoms with Crippen molar-refractivity contribution in [3.8, 4) is 0 Å². The summed E-state index contributed by atoms with van der Waals surface area (Å²) in [5, 5.41) is 4.07. The molecule has 1 N–H and O–H groups in total. The van der Waals surface area contributed by atoms with Gasteiger partial charge in [-0.15, -0.1) is 0 Å². The number of nitrogens with one attached hydrogen (secondary N) is 1. The van der Waals surface area contributed by atoms with Crippen molar-refractivity contribution in [2.75, 3.05) is 7.11 Å². The van der Waals surface area contributed by atoms with E-state index in [1.54, 1.807) is 0 Å². The second-order valence-electron chi connectivity index (χ2n) is 3.79. The first-order valence-corrected chi connectivity index (χ1v) is 4.70. The first kappa shape index (κ1) is 8.53. The minimum atomic E-state index is -0.477. The number of hydrazone groups is 1. The summed E-state index contributed by atoms with van der Waals surface area (Å²) in [6, 6.07) is 0. The van der Waals surface area contributed by atoms with E-state index in [2.05, 4.69) is 15.3 Å². The van der Waals surface area contributed by atoms with E-state index in [-0.39, 0.29) is 0 Å². The van der Waals surface area contributed by atoms with E-state index in [0.29, 0.717) is 5.92 Å². The van der Waals surface area contributed by atoms with Crippen LogP contribution in [0, 0.1) is 11.8 Å². The smallest absolute Gasteiger partial charge is 0.427 e. The molecule has 0 heterocycles. The van der Waals surface area contributed by atoms with E-state index in [9.17, 15) is 4.79 Å². The van der Waals surface area contributed by atoms with Crippen molar-refractivity contribution >= 4 is 11.8 Å². The monoisotopic (exact) mass is 182 g/mol. The molecular formula is C9H14N2O2. The average Bonchev–Trinajstić information content (AvgIpc) is 2.74. The Kier molecular flexibility index (Phi) is 2.20. The Morgan fingerprint density at radius 1 is 1.62 bits per heavy atom. The predicted octanol–water partition coefficient (Wildman–Crippen LogP) is 1.52. The van der Waals surface area contributed by atoms with Crippen LogP contribution in [0.4, 0.5) is 4.79 Å². The highest BCUT2D eigenvalue weighted by atomic mass is 16.5. The third kappa shape index (κ3) is 1.66. The zero-order valence-corrected chi connectivity index (χ0v) is 7.75. The standard InChI is InChI=1S/C9H14N2O2/c1-13-9(12)11-10-8-5-6-2-3-7(8)4-6/h6-7H,2-5H2,1H3,(H,11,12)/b10-8+. The van der Waals surface area contributed by atoms with Gasteiger partial charge in [-0.3, -0.25) is 0 Å². The van der Waals surface area contributed by atoms with Crippen LogP contribution in [0.25, 0.3) is 0 Å². The van der Waals surface area contributed by atoms with E-state index >= 15 is 0 Å². The highest BCUT2D eigenvalue weighted by molar-refractivity contribution is 5.90. The Morgan fingerprint density at radius 3 is 3.00 bits per heavy atom. The first-order valence-electron chi connectivity index (χ1n) is 4.70. The zero-order chi connectivity index (χ0) is 9.26. The predicted molar refractivity (Wildman–Crippen MR) is 48.4 cm³/mol. The zero-order valence-electron chi connectivity index (χ0n) is 7.75. The van der Waals surface area contributed by atoms with Crippen LogP contribution in [0.5, 0.6) is 0 Å². The van der Waals surface area contributed by atoms with Crippen LogP contribution in [0.3, 0.4) is 0 Å². The van der Waals surface area contributed by atoms with E-state index in [4.69, 9.17) is 0 Å². The van der Waals surface area contributed by atoms with Gasteiger partial charge in [-0.05, 0) is 37.5 Å². The molecule has 2 aliphatic rings. The molecule has 2 bridgehead atoms. The van der Waals surface area contributed by atoms with Crippen LogP contribution in [0.15, 0.2) is 5.10 Å². The summed E-state index contributed by atoms with van der Waals surface area (Å²) in [5.41, 5.74) is 3.54. The molecule has 2 unspecified atom stereocenters. The van der Waals surface area contributed by atoms with Crippen LogP contribution in [-0.4, -0.2) is 18.9 Å². The Hall–Kier alpha value is -1.06. The molecule has 72 valence electrons. The first-order chi connectivity index (χ1) is 6.29. The van der Waals surface area contributed by atoms with Crippen molar-refractivity contribution in [2.45, 2.75) is 25.7 Å². The molecule has 1 amide bonds. The lowest BCUT2D eigenvalue weighted by atomic mass is 9.99.